The third-order valence-corrected chi connectivity index (χ3v) is 7.65. The van der Waals surface area contributed by atoms with Crippen LogP contribution in [0.1, 0.15) is 98.9 Å². The lowest BCUT2D eigenvalue weighted by atomic mass is 10.1. The van der Waals surface area contributed by atoms with Crippen LogP contribution in [0.4, 0.5) is 5.69 Å². The molecule has 0 bridgehead atoms. The molecule has 0 atom stereocenters. The molecule has 3 rings (SSSR count). The first-order chi connectivity index (χ1) is 20.9. The fourth-order valence-electron chi connectivity index (χ4n) is 4.43. The highest BCUT2D eigenvalue weighted by molar-refractivity contribution is 9.10. The molecule has 0 aliphatic heterocycles. The minimum atomic E-state index is 0.580. The number of ether oxygens (including phenoxy) is 2. The van der Waals surface area contributed by atoms with Crippen molar-refractivity contribution in [1.82, 2.24) is 4.98 Å². The second-order valence-electron chi connectivity index (χ2n) is 10.9. The highest BCUT2D eigenvalue weighted by Gasteiger charge is 2.04. The molecule has 1 heterocycles. The average molecular weight is 709 g/mol. The van der Waals surface area contributed by atoms with Gasteiger partial charge in [0.05, 0.1) is 13.2 Å². The zero-order chi connectivity index (χ0) is 30.9. The van der Waals surface area contributed by atoms with Crippen LogP contribution in [0.3, 0.4) is 0 Å². The molecule has 0 saturated carbocycles. The van der Waals surface area contributed by atoms with Gasteiger partial charge in [-0.15, -0.1) is 0 Å². The van der Waals surface area contributed by atoms with Crippen molar-refractivity contribution in [2.24, 2.45) is 0 Å². The van der Waals surface area contributed by atoms with Crippen molar-refractivity contribution in [1.29, 1.82) is 0 Å². The zero-order valence-corrected chi connectivity index (χ0v) is 29.2. The highest BCUT2D eigenvalue weighted by atomic mass is 79.9. The topological polar surface area (TPSA) is 34.6 Å². The Kier molecular flexibility index (Phi) is 15.9. The molecule has 0 saturated heterocycles. The van der Waals surface area contributed by atoms with Gasteiger partial charge in [-0.1, -0.05) is 96.1 Å². The summed E-state index contributed by atoms with van der Waals surface area (Å²) in [6.45, 7) is 7.17. The number of nitrogens with zero attached hydrogens (tertiary/aromatic N) is 2. The van der Waals surface area contributed by atoms with E-state index in [2.05, 4.69) is 93.7 Å². The maximum Gasteiger partial charge on any atom is 0.117 e. The van der Waals surface area contributed by atoms with E-state index in [1.807, 2.05) is 43.3 Å². The lowest BCUT2D eigenvalue weighted by Gasteiger charge is -2.12. The Balaban J connectivity index is 1.74. The Labute approximate surface area is 276 Å². The number of unbranched alkanes of at least 4 members (excludes halogenated alkanes) is 6. The molecule has 0 radical (unpaired) electrons. The molecule has 0 spiro atoms. The largest absolute Gasteiger partial charge is 0.377 e. The molecule has 1 aromatic heterocycles. The Morgan fingerprint density at radius 1 is 0.605 bits per heavy atom. The van der Waals surface area contributed by atoms with Crippen molar-refractivity contribution < 1.29 is 9.47 Å². The normalized spacial score (nSPS) is 10.6. The summed E-state index contributed by atoms with van der Waals surface area (Å²) in [5.41, 5.74) is 6.39. The van der Waals surface area contributed by atoms with Gasteiger partial charge in [0.25, 0.3) is 0 Å². The third-order valence-electron chi connectivity index (χ3n) is 6.73. The van der Waals surface area contributed by atoms with Crippen LogP contribution in [0.5, 0.6) is 0 Å². The molecule has 6 heteroatoms. The summed E-state index contributed by atoms with van der Waals surface area (Å²) in [7, 11) is 4.02. The Morgan fingerprint density at radius 2 is 1.07 bits per heavy atom. The first kappa shape index (κ1) is 34.9. The first-order valence-corrected chi connectivity index (χ1v) is 16.9. The van der Waals surface area contributed by atoms with Gasteiger partial charge in [0.1, 0.15) is 11.4 Å². The molecule has 0 N–H and O–H groups in total. The van der Waals surface area contributed by atoms with E-state index in [0.29, 0.717) is 24.6 Å². The van der Waals surface area contributed by atoms with Crippen molar-refractivity contribution in [2.45, 2.75) is 78.4 Å². The Morgan fingerprint density at radius 3 is 1.49 bits per heavy atom. The van der Waals surface area contributed by atoms with Crippen LogP contribution < -0.4 is 4.90 Å². The predicted octanol–water partition coefficient (Wildman–Crippen LogP) is 9.67. The fourth-order valence-corrected chi connectivity index (χ4v) is 5.51. The number of anilines is 1. The number of benzene rings is 2. The van der Waals surface area contributed by atoms with E-state index in [0.717, 1.165) is 62.9 Å². The van der Waals surface area contributed by atoms with E-state index < -0.39 is 0 Å². The van der Waals surface area contributed by atoms with E-state index in [1.165, 1.54) is 38.5 Å². The van der Waals surface area contributed by atoms with Crippen molar-refractivity contribution in [2.75, 3.05) is 32.2 Å². The quantitative estimate of drug-likeness (QED) is 0.116. The monoisotopic (exact) mass is 706 g/mol. The molecule has 0 aliphatic rings. The van der Waals surface area contributed by atoms with Gasteiger partial charge in [-0.2, -0.15) is 0 Å². The lowest BCUT2D eigenvalue weighted by Crippen LogP contribution is -2.09. The summed E-state index contributed by atoms with van der Waals surface area (Å²) in [5.74, 6) is 13.1. The van der Waals surface area contributed by atoms with E-state index in [9.17, 15) is 0 Å². The maximum atomic E-state index is 5.90. The Hall–Kier alpha value is -2.61. The van der Waals surface area contributed by atoms with Crippen LogP contribution in [-0.4, -0.2) is 32.3 Å². The maximum absolute atomic E-state index is 5.90. The number of hydrogen-bond donors (Lipinski definition) is 0. The SMILES string of the molecule is CCCCCCOCc1cc(Br)cc(C#Cc2cc(N(C)C)cc(C#Cc3cc(Br)cc(COCCCCCC)c3)n2)c1. The smallest absolute Gasteiger partial charge is 0.117 e. The standard InChI is InChI=1S/C37H44Br2N2O2/c1-5-7-9-11-17-42-27-31-19-29(21-33(38)23-31)13-15-35-25-37(41(3)4)26-36(40-35)16-14-30-20-32(24-34(39)22-30)28-43-18-12-10-8-6-2/h19-26H,5-12,17-18,27-28H2,1-4H3. The molecule has 4 nitrogen and oxygen atoms in total. The van der Waals surface area contributed by atoms with Gasteiger partial charge in [-0.25, -0.2) is 4.98 Å². The summed E-state index contributed by atoms with van der Waals surface area (Å²) in [5, 5.41) is 0. The summed E-state index contributed by atoms with van der Waals surface area (Å²) in [6, 6.07) is 16.4. The molecule has 0 aliphatic carbocycles. The molecule has 0 amide bonds. The molecule has 3 aromatic rings. The summed E-state index contributed by atoms with van der Waals surface area (Å²) >= 11 is 7.26. The highest BCUT2D eigenvalue weighted by Crippen LogP contribution is 2.19. The molecule has 43 heavy (non-hydrogen) atoms. The number of rotatable bonds is 15. The van der Waals surface area contributed by atoms with E-state index >= 15 is 0 Å². The van der Waals surface area contributed by atoms with E-state index in [1.54, 1.807) is 0 Å². The second-order valence-corrected chi connectivity index (χ2v) is 12.7. The van der Waals surface area contributed by atoms with Crippen LogP contribution in [0, 0.1) is 23.7 Å². The third kappa shape index (κ3) is 13.7. The van der Waals surface area contributed by atoms with Crippen molar-refractivity contribution in [3.8, 4) is 23.7 Å². The van der Waals surface area contributed by atoms with Gasteiger partial charge in [0.2, 0.25) is 0 Å². The molecule has 228 valence electrons. The van der Waals surface area contributed by atoms with Crippen LogP contribution in [0.2, 0.25) is 0 Å². The van der Waals surface area contributed by atoms with Crippen LogP contribution in [0.15, 0.2) is 57.5 Å². The Bertz CT molecular complexity index is 1330. The van der Waals surface area contributed by atoms with E-state index in [-0.39, 0.29) is 0 Å². The van der Waals surface area contributed by atoms with Gasteiger partial charge in [-0.3, -0.25) is 0 Å². The molecule has 2 aromatic carbocycles. The van der Waals surface area contributed by atoms with Crippen molar-refractivity contribution in [3.05, 3.63) is 91.1 Å². The minimum absolute atomic E-state index is 0.580. The van der Waals surface area contributed by atoms with Gasteiger partial charge in [0, 0.05) is 53.1 Å². The van der Waals surface area contributed by atoms with E-state index in [4.69, 9.17) is 14.5 Å². The lowest BCUT2D eigenvalue weighted by molar-refractivity contribution is 0.116. The van der Waals surface area contributed by atoms with Crippen molar-refractivity contribution >= 4 is 37.5 Å². The average Bonchev–Trinajstić information content (AvgIpc) is 2.98. The molecular weight excluding hydrogens is 664 g/mol. The number of pyridine rings is 1. The molecule has 0 fully saturated rings. The van der Waals surface area contributed by atoms with Crippen LogP contribution >= 0.6 is 31.9 Å². The van der Waals surface area contributed by atoms with Crippen LogP contribution in [0.25, 0.3) is 0 Å². The van der Waals surface area contributed by atoms with Crippen molar-refractivity contribution in [3.63, 3.8) is 0 Å². The van der Waals surface area contributed by atoms with Gasteiger partial charge in [-0.05, 0) is 84.3 Å². The zero-order valence-electron chi connectivity index (χ0n) is 26.1. The molecule has 0 unspecified atom stereocenters. The van der Waals surface area contributed by atoms with Gasteiger partial charge in [0.15, 0.2) is 0 Å². The predicted molar refractivity (Wildman–Crippen MR) is 186 cm³/mol. The minimum Gasteiger partial charge on any atom is -0.377 e. The molecular formula is C37H44Br2N2O2. The summed E-state index contributed by atoms with van der Waals surface area (Å²) in [4.78, 5) is 6.80. The van der Waals surface area contributed by atoms with Gasteiger partial charge < -0.3 is 14.4 Å². The number of aromatic nitrogens is 1. The summed E-state index contributed by atoms with van der Waals surface area (Å²) in [6.07, 6.45) is 9.62. The second kappa shape index (κ2) is 19.6. The number of hydrogen-bond acceptors (Lipinski definition) is 4. The summed E-state index contributed by atoms with van der Waals surface area (Å²) < 4.78 is 13.8. The van der Waals surface area contributed by atoms with Gasteiger partial charge >= 0.3 is 0 Å². The van der Waals surface area contributed by atoms with Crippen LogP contribution in [-0.2, 0) is 22.7 Å². The number of halogens is 2. The fraction of sp³-hybridized carbons (Fsp3) is 0.432. The first-order valence-electron chi connectivity index (χ1n) is 15.3.